The van der Waals surface area contributed by atoms with Crippen molar-refractivity contribution in [2.45, 2.75) is 58.5 Å². The molecule has 3 aromatic heterocycles. The number of fused-ring (bicyclic) bond motifs is 1. The Hall–Kier alpha value is -4.63. The quantitative estimate of drug-likeness (QED) is 0.189. The van der Waals surface area contributed by atoms with Gasteiger partial charge in [-0.05, 0) is 54.5 Å². The maximum absolute atomic E-state index is 14.0. The molecule has 0 spiro atoms. The molecule has 0 amide bonds. The Morgan fingerprint density at radius 3 is 2.66 bits per heavy atom. The number of anilines is 2. The molecule has 2 N–H and O–H groups in total. The first-order chi connectivity index (χ1) is 21.0. The van der Waals surface area contributed by atoms with E-state index in [1.807, 2.05) is 31.2 Å². The first-order valence-electron chi connectivity index (χ1n) is 14.2. The highest BCUT2D eigenvalue weighted by Crippen LogP contribution is 2.48. The Bertz CT molecular complexity index is 1870. The molecule has 1 aliphatic rings. The zero-order chi connectivity index (χ0) is 31.2. The number of nitriles is 1. The smallest absolute Gasteiger partial charge is 0.263 e. The maximum atomic E-state index is 14.0. The molecule has 1 fully saturated rings. The van der Waals surface area contributed by atoms with Crippen molar-refractivity contribution >= 4 is 33.9 Å². The lowest BCUT2D eigenvalue weighted by Gasteiger charge is -2.23. The van der Waals surface area contributed by atoms with Crippen LogP contribution in [0.2, 0.25) is 5.02 Å². The molecule has 1 saturated carbocycles. The maximum Gasteiger partial charge on any atom is 0.263 e. The largest absolute Gasteiger partial charge is 0.383 e. The van der Waals surface area contributed by atoms with E-state index in [4.69, 9.17) is 11.6 Å². The Labute approximate surface area is 258 Å². The molecule has 3 heterocycles. The van der Waals surface area contributed by atoms with Gasteiger partial charge in [0.1, 0.15) is 30.0 Å². The molecule has 6 rings (SSSR count). The van der Waals surface area contributed by atoms with Gasteiger partial charge in [0.2, 0.25) is 0 Å². The number of halogens is 3. The highest BCUT2D eigenvalue weighted by molar-refractivity contribution is 6.35. The summed E-state index contributed by atoms with van der Waals surface area (Å²) < 4.78 is 30.9. The van der Waals surface area contributed by atoms with E-state index in [2.05, 4.69) is 62.9 Å². The average Bonchev–Trinajstić information content (AvgIpc) is 3.36. The fourth-order valence-corrected chi connectivity index (χ4v) is 5.55. The normalized spacial score (nSPS) is 14.9. The van der Waals surface area contributed by atoms with Crippen LogP contribution in [0.5, 0.6) is 0 Å². The number of aromatic nitrogens is 7. The number of alkyl halides is 2. The number of nitrogens with one attached hydrogen (secondary N) is 2. The highest BCUT2D eigenvalue weighted by Gasteiger charge is 2.54. The molecule has 0 saturated heterocycles. The monoisotopic (exact) mass is 616 g/mol. The SMILES string of the molecule is Cc1c(C(Nc2cc(Cl)c3ncc(C#N)c(NCC(C)(C)C)c3c2)c2cn(C3(C(F)F)CC3)nn2)cccc1-n1cncn1. The second-order valence-electron chi connectivity index (χ2n) is 12.3. The van der Waals surface area contributed by atoms with Gasteiger partial charge in [0.15, 0.2) is 0 Å². The van der Waals surface area contributed by atoms with Crippen molar-refractivity contribution in [3.8, 4) is 11.8 Å². The van der Waals surface area contributed by atoms with Crippen molar-refractivity contribution in [1.29, 1.82) is 5.26 Å². The fraction of sp³-hybridized carbons (Fsp3) is 0.355. The highest BCUT2D eigenvalue weighted by atomic mass is 35.5. The molecule has 0 radical (unpaired) electrons. The van der Waals surface area contributed by atoms with Crippen LogP contribution >= 0.6 is 11.6 Å². The van der Waals surface area contributed by atoms with Crippen LogP contribution in [0.4, 0.5) is 20.2 Å². The Morgan fingerprint density at radius 1 is 1.20 bits per heavy atom. The third-order valence-corrected chi connectivity index (χ3v) is 8.20. The summed E-state index contributed by atoms with van der Waals surface area (Å²) in [5, 5.41) is 30.7. The van der Waals surface area contributed by atoms with Gasteiger partial charge in [0, 0.05) is 23.8 Å². The Kier molecular flexibility index (Phi) is 7.45. The molecule has 0 aliphatic heterocycles. The molecular weight excluding hydrogens is 586 g/mol. The molecule has 1 aliphatic carbocycles. The summed E-state index contributed by atoms with van der Waals surface area (Å²) in [6, 6.07) is 11.0. The van der Waals surface area contributed by atoms with Crippen LogP contribution < -0.4 is 10.6 Å². The van der Waals surface area contributed by atoms with E-state index >= 15 is 0 Å². The lowest BCUT2D eigenvalue weighted by atomic mass is 9.96. The molecule has 5 aromatic rings. The van der Waals surface area contributed by atoms with Crippen LogP contribution in [0.25, 0.3) is 16.6 Å². The van der Waals surface area contributed by atoms with Gasteiger partial charge in [-0.2, -0.15) is 10.4 Å². The third-order valence-electron chi connectivity index (χ3n) is 7.91. The van der Waals surface area contributed by atoms with E-state index < -0.39 is 18.0 Å². The Morgan fingerprint density at radius 2 is 2.00 bits per heavy atom. The zero-order valence-electron chi connectivity index (χ0n) is 24.7. The molecule has 1 atom stereocenters. The van der Waals surface area contributed by atoms with Crippen molar-refractivity contribution in [2.75, 3.05) is 17.2 Å². The third kappa shape index (κ3) is 5.43. The van der Waals surface area contributed by atoms with Crippen molar-refractivity contribution in [2.24, 2.45) is 5.41 Å². The number of hydrogen-bond donors (Lipinski definition) is 2. The fourth-order valence-electron chi connectivity index (χ4n) is 5.29. The van der Waals surface area contributed by atoms with E-state index in [9.17, 15) is 14.0 Å². The average molecular weight is 617 g/mol. The minimum Gasteiger partial charge on any atom is -0.383 e. The lowest BCUT2D eigenvalue weighted by Crippen LogP contribution is -2.26. The van der Waals surface area contributed by atoms with E-state index in [0.29, 0.717) is 57.9 Å². The van der Waals surface area contributed by atoms with Gasteiger partial charge >= 0.3 is 0 Å². The van der Waals surface area contributed by atoms with E-state index in [1.165, 1.54) is 17.2 Å². The van der Waals surface area contributed by atoms with Crippen LogP contribution in [-0.2, 0) is 5.54 Å². The van der Waals surface area contributed by atoms with Crippen molar-refractivity contribution in [3.05, 3.63) is 82.8 Å². The summed E-state index contributed by atoms with van der Waals surface area (Å²) in [6.07, 6.45) is 4.30. The van der Waals surface area contributed by atoms with Gasteiger partial charge in [0.05, 0.1) is 39.7 Å². The molecule has 13 heteroatoms. The predicted molar refractivity (Wildman–Crippen MR) is 164 cm³/mol. The van der Waals surface area contributed by atoms with E-state index in [-0.39, 0.29) is 5.41 Å². The van der Waals surface area contributed by atoms with Gasteiger partial charge in [-0.25, -0.2) is 23.1 Å². The summed E-state index contributed by atoms with van der Waals surface area (Å²) in [4.78, 5) is 8.54. The molecule has 2 aromatic carbocycles. The Balaban J connectivity index is 1.48. The van der Waals surface area contributed by atoms with Gasteiger partial charge in [-0.1, -0.05) is 49.7 Å². The van der Waals surface area contributed by atoms with Crippen molar-refractivity contribution < 1.29 is 8.78 Å². The summed E-state index contributed by atoms with van der Waals surface area (Å²) in [5.41, 5.74) is 3.80. The standard InChI is InChI=1S/C31H31ClF2N10/c1-18-21(6-5-7-25(18)43-17-36-16-39-43)28(24-14-44(42-41-24)31(8-9-31)29(33)34)40-20-10-22-26(38-15-30(2,3)4)19(12-35)13-37-27(22)23(32)11-20/h5-7,10-11,13-14,16-17,28-29,40H,8-9,15H2,1-4H3,(H,37,38). The number of benzene rings is 2. The first-order valence-corrected chi connectivity index (χ1v) is 14.6. The predicted octanol–water partition coefficient (Wildman–Crippen LogP) is 6.65. The van der Waals surface area contributed by atoms with Gasteiger partial charge < -0.3 is 10.6 Å². The lowest BCUT2D eigenvalue weighted by molar-refractivity contribution is 0.0593. The summed E-state index contributed by atoms with van der Waals surface area (Å²) in [6.45, 7) is 8.87. The van der Waals surface area contributed by atoms with Gasteiger partial charge in [-0.3, -0.25) is 4.98 Å². The van der Waals surface area contributed by atoms with Crippen LogP contribution in [0.1, 0.15) is 62.0 Å². The number of nitrogens with zero attached hydrogens (tertiary/aromatic N) is 8. The molecule has 44 heavy (non-hydrogen) atoms. The first kappa shape index (κ1) is 29.4. The summed E-state index contributed by atoms with van der Waals surface area (Å²) in [5.74, 6) is 0. The molecular formula is C31H31ClF2N10. The van der Waals surface area contributed by atoms with Crippen LogP contribution in [0, 0.1) is 23.7 Å². The number of rotatable bonds is 9. The van der Waals surface area contributed by atoms with Crippen molar-refractivity contribution in [1.82, 2.24) is 34.7 Å². The summed E-state index contributed by atoms with van der Waals surface area (Å²) >= 11 is 6.78. The zero-order valence-corrected chi connectivity index (χ0v) is 25.4. The van der Waals surface area contributed by atoms with Gasteiger partial charge in [0.25, 0.3) is 6.43 Å². The van der Waals surface area contributed by atoms with E-state index in [1.54, 1.807) is 23.3 Å². The van der Waals surface area contributed by atoms with E-state index in [0.717, 1.165) is 16.8 Å². The number of hydrogen-bond acceptors (Lipinski definition) is 8. The second-order valence-corrected chi connectivity index (χ2v) is 12.7. The number of pyridine rings is 1. The molecule has 226 valence electrons. The van der Waals surface area contributed by atoms with Gasteiger partial charge in [-0.15, -0.1) is 5.10 Å². The van der Waals surface area contributed by atoms with Crippen LogP contribution in [0.15, 0.2) is 55.4 Å². The van der Waals surface area contributed by atoms with Crippen LogP contribution in [0.3, 0.4) is 0 Å². The molecule has 10 nitrogen and oxygen atoms in total. The molecule has 0 bridgehead atoms. The second kappa shape index (κ2) is 11.1. The topological polar surface area (TPSA) is 122 Å². The van der Waals surface area contributed by atoms with Crippen molar-refractivity contribution in [3.63, 3.8) is 0 Å². The molecule has 1 unspecified atom stereocenters. The summed E-state index contributed by atoms with van der Waals surface area (Å²) in [7, 11) is 0. The minimum atomic E-state index is -2.55. The van der Waals surface area contributed by atoms with Crippen LogP contribution in [-0.4, -0.2) is 47.7 Å². The minimum absolute atomic E-state index is 0.0529.